The molecule has 35 heavy (non-hydrogen) atoms. The second-order valence-electron chi connectivity index (χ2n) is 8.89. The van der Waals surface area contributed by atoms with E-state index in [9.17, 15) is 13.2 Å². The van der Waals surface area contributed by atoms with Gasteiger partial charge in [-0.3, -0.25) is 9.69 Å². The molecule has 1 aliphatic heterocycles. The Morgan fingerprint density at radius 2 is 1.40 bits per heavy atom. The third-order valence-electron chi connectivity index (χ3n) is 6.64. The highest BCUT2D eigenvalue weighted by molar-refractivity contribution is 7.92. The van der Waals surface area contributed by atoms with Crippen molar-refractivity contribution >= 4 is 15.6 Å². The maximum absolute atomic E-state index is 13.2. The molecule has 5 nitrogen and oxygen atoms in total. The summed E-state index contributed by atoms with van der Waals surface area (Å²) in [5.74, 6) is 0.765. The van der Waals surface area contributed by atoms with Crippen molar-refractivity contribution in [1.82, 2.24) is 4.90 Å². The molecular formula is C29H27NO4S. The summed E-state index contributed by atoms with van der Waals surface area (Å²) >= 11 is 0. The van der Waals surface area contributed by atoms with E-state index in [0.29, 0.717) is 48.7 Å². The van der Waals surface area contributed by atoms with Crippen molar-refractivity contribution in [3.63, 3.8) is 0 Å². The molecule has 0 N–H and O–H groups in total. The lowest BCUT2D eigenvalue weighted by Gasteiger charge is -2.31. The lowest BCUT2D eigenvalue weighted by molar-refractivity contribution is 0.0916. The summed E-state index contributed by atoms with van der Waals surface area (Å²) in [5, 5.41) is -0.437. The first-order chi connectivity index (χ1) is 17.0. The summed E-state index contributed by atoms with van der Waals surface area (Å²) in [6.45, 7) is 1.47. The first-order valence-electron chi connectivity index (χ1n) is 11.8. The third kappa shape index (κ3) is 5.14. The van der Waals surface area contributed by atoms with E-state index in [0.717, 1.165) is 16.7 Å². The van der Waals surface area contributed by atoms with E-state index in [1.54, 1.807) is 36.6 Å². The standard InChI is InChI=1S/C29H27NO4S/c31-28(24-10-8-23(9-11-24)22-5-2-1-3-6-22)21-30-18-16-27(17-19-30)35(32,33)26-14-12-25(13-15-26)29-7-4-20-34-29/h1-15,20,27H,16-19,21H2. The summed E-state index contributed by atoms with van der Waals surface area (Å²) in [6, 6.07) is 28.3. The van der Waals surface area contributed by atoms with Gasteiger partial charge in [0.15, 0.2) is 15.6 Å². The number of Topliss-reactive ketones (excluding diaryl/α,β-unsaturated/α-hetero) is 1. The Kier molecular flexibility index (Phi) is 6.66. The molecule has 3 aromatic carbocycles. The summed E-state index contributed by atoms with van der Waals surface area (Å²) in [5.41, 5.74) is 3.71. The minimum absolute atomic E-state index is 0.0550. The van der Waals surface area contributed by atoms with E-state index in [-0.39, 0.29) is 5.78 Å². The van der Waals surface area contributed by atoms with Crippen LogP contribution in [0.3, 0.4) is 0 Å². The monoisotopic (exact) mass is 485 g/mol. The van der Waals surface area contributed by atoms with Crippen LogP contribution in [0.4, 0.5) is 0 Å². The van der Waals surface area contributed by atoms with E-state index < -0.39 is 15.1 Å². The number of furan rings is 1. The predicted molar refractivity (Wildman–Crippen MR) is 137 cm³/mol. The molecule has 0 unspecified atom stereocenters. The number of hydrogen-bond acceptors (Lipinski definition) is 5. The highest BCUT2D eigenvalue weighted by atomic mass is 32.2. The SMILES string of the molecule is O=C(CN1CCC(S(=O)(=O)c2ccc(-c3ccco3)cc2)CC1)c1ccc(-c2ccccc2)cc1. The van der Waals surface area contributed by atoms with Crippen LogP contribution >= 0.6 is 0 Å². The van der Waals surface area contributed by atoms with E-state index in [1.165, 1.54) is 0 Å². The van der Waals surface area contributed by atoms with Gasteiger partial charge in [-0.25, -0.2) is 8.42 Å². The average molecular weight is 486 g/mol. The van der Waals surface area contributed by atoms with Gasteiger partial charge in [-0.15, -0.1) is 0 Å². The van der Waals surface area contributed by atoms with Gasteiger partial charge in [0.1, 0.15) is 5.76 Å². The molecule has 0 bridgehead atoms. The lowest BCUT2D eigenvalue weighted by atomic mass is 10.0. The Bertz CT molecular complexity index is 1370. The number of piperidine rings is 1. The van der Waals surface area contributed by atoms with Crippen molar-refractivity contribution in [2.24, 2.45) is 0 Å². The minimum Gasteiger partial charge on any atom is -0.464 e. The normalized spacial score (nSPS) is 15.2. The summed E-state index contributed by atoms with van der Waals surface area (Å²) in [7, 11) is -3.43. The fourth-order valence-corrected chi connectivity index (χ4v) is 6.33. The zero-order valence-electron chi connectivity index (χ0n) is 19.3. The van der Waals surface area contributed by atoms with Crippen molar-refractivity contribution in [2.45, 2.75) is 23.0 Å². The van der Waals surface area contributed by atoms with Crippen LogP contribution < -0.4 is 0 Å². The number of benzene rings is 3. The first kappa shape index (κ1) is 23.3. The van der Waals surface area contributed by atoms with E-state index in [1.807, 2.05) is 60.7 Å². The van der Waals surface area contributed by atoms with Gasteiger partial charge in [0.2, 0.25) is 0 Å². The van der Waals surface area contributed by atoms with Crippen LogP contribution in [0.2, 0.25) is 0 Å². The van der Waals surface area contributed by atoms with Crippen LogP contribution in [0.15, 0.2) is 107 Å². The molecule has 1 fully saturated rings. The Morgan fingerprint density at radius 3 is 2.03 bits per heavy atom. The summed E-state index contributed by atoms with van der Waals surface area (Å²) in [4.78, 5) is 15.2. The molecule has 1 aliphatic rings. The molecule has 1 aromatic heterocycles. The van der Waals surface area contributed by atoms with Crippen LogP contribution in [-0.4, -0.2) is 44.0 Å². The maximum Gasteiger partial charge on any atom is 0.181 e. The van der Waals surface area contributed by atoms with Crippen molar-refractivity contribution in [3.05, 3.63) is 103 Å². The molecule has 0 saturated carbocycles. The van der Waals surface area contributed by atoms with E-state index in [4.69, 9.17) is 4.42 Å². The Labute approximate surface area is 205 Å². The molecule has 0 atom stereocenters. The number of carbonyl (C=O) groups excluding carboxylic acids is 1. The van der Waals surface area contributed by atoms with Gasteiger partial charge in [0.05, 0.1) is 23.0 Å². The van der Waals surface area contributed by atoms with Gasteiger partial charge in [0.25, 0.3) is 0 Å². The van der Waals surface area contributed by atoms with Gasteiger partial charge in [-0.05, 0) is 73.5 Å². The number of nitrogens with zero attached hydrogens (tertiary/aromatic N) is 1. The number of hydrogen-bond donors (Lipinski definition) is 0. The van der Waals surface area contributed by atoms with E-state index in [2.05, 4.69) is 4.90 Å². The number of carbonyl (C=O) groups is 1. The van der Waals surface area contributed by atoms with Crippen molar-refractivity contribution in [1.29, 1.82) is 0 Å². The van der Waals surface area contributed by atoms with Crippen LogP contribution in [-0.2, 0) is 9.84 Å². The Hall–Kier alpha value is -3.48. The number of sulfone groups is 1. The molecule has 2 heterocycles. The molecular weight excluding hydrogens is 458 g/mol. The van der Waals surface area contributed by atoms with Gasteiger partial charge in [0, 0.05) is 11.1 Å². The zero-order chi connectivity index (χ0) is 24.3. The second-order valence-corrected chi connectivity index (χ2v) is 11.1. The first-order valence-corrected chi connectivity index (χ1v) is 13.3. The van der Waals surface area contributed by atoms with Crippen molar-refractivity contribution in [2.75, 3.05) is 19.6 Å². The Balaban J connectivity index is 1.17. The lowest BCUT2D eigenvalue weighted by Crippen LogP contribution is -2.41. The molecule has 0 spiro atoms. The molecule has 178 valence electrons. The predicted octanol–water partition coefficient (Wildman–Crippen LogP) is 5.73. The maximum atomic E-state index is 13.2. The van der Waals surface area contributed by atoms with Gasteiger partial charge in [-0.1, -0.05) is 54.6 Å². The highest BCUT2D eigenvalue weighted by Gasteiger charge is 2.32. The average Bonchev–Trinajstić information content (AvgIpc) is 3.45. The highest BCUT2D eigenvalue weighted by Crippen LogP contribution is 2.28. The smallest absolute Gasteiger partial charge is 0.181 e. The molecule has 4 aromatic rings. The largest absolute Gasteiger partial charge is 0.464 e. The number of rotatable bonds is 7. The van der Waals surface area contributed by atoms with Gasteiger partial charge >= 0.3 is 0 Å². The van der Waals surface area contributed by atoms with Gasteiger partial charge < -0.3 is 4.42 Å². The summed E-state index contributed by atoms with van der Waals surface area (Å²) in [6.07, 6.45) is 2.63. The quantitative estimate of drug-likeness (QED) is 0.313. The molecule has 0 aliphatic carbocycles. The fraction of sp³-hybridized carbons (Fsp3) is 0.207. The van der Waals surface area contributed by atoms with Crippen LogP contribution in [0, 0.1) is 0 Å². The van der Waals surface area contributed by atoms with Crippen molar-refractivity contribution in [3.8, 4) is 22.5 Å². The molecule has 0 radical (unpaired) electrons. The van der Waals surface area contributed by atoms with Crippen LogP contribution in [0.5, 0.6) is 0 Å². The second kappa shape index (κ2) is 10.0. The van der Waals surface area contributed by atoms with Gasteiger partial charge in [-0.2, -0.15) is 0 Å². The van der Waals surface area contributed by atoms with Crippen LogP contribution in [0.1, 0.15) is 23.2 Å². The fourth-order valence-electron chi connectivity index (χ4n) is 4.60. The van der Waals surface area contributed by atoms with Crippen molar-refractivity contribution < 1.29 is 17.6 Å². The molecule has 6 heteroatoms. The minimum atomic E-state index is -3.43. The molecule has 0 amide bonds. The molecule has 5 rings (SSSR count). The topological polar surface area (TPSA) is 67.6 Å². The Morgan fingerprint density at radius 1 is 0.771 bits per heavy atom. The van der Waals surface area contributed by atoms with E-state index >= 15 is 0 Å². The number of likely N-dealkylation sites (tertiary alicyclic amines) is 1. The number of ketones is 1. The molecule has 1 saturated heterocycles. The zero-order valence-corrected chi connectivity index (χ0v) is 20.2. The van der Waals surface area contributed by atoms with Crippen LogP contribution in [0.25, 0.3) is 22.5 Å². The summed E-state index contributed by atoms with van der Waals surface area (Å²) < 4.78 is 31.7. The third-order valence-corrected chi connectivity index (χ3v) is 8.92.